The third kappa shape index (κ3) is 2.91. The second kappa shape index (κ2) is 5.41. The molecule has 0 bridgehead atoms. The molecule has 3 heteroatoms. The van der Waals surface area contributed by atoms with Crippen molar-refractivity contribution in [1.82, 2.24) is 5.32 Å². The molecule has 1 saturated heterocycles. The third-order valence-electron chi connectivity index (χ3n) is 3.51. The monoisotopic (exact) mass is 234 g/mol. The molecular weight excluding hydrogens is 212 g/mol. The number of anilines is 1. The number of benzene rings is 1. The van der Waals surface area contributed by atoms with Crippen LogP contribution in [0.3, 0.4) is 0 Å². The van der Waals surface area contributed by atoms with Crippen LogP contribution in [-0.2, 0) is 0 Å². The van der Waals surface area contributed by atoms with Gasteiger partial charge in [-0.1, -0.05) is 0 Å². The number of ether oxygens (including phenoxy) is 1. The zero-order valence-corrected chi connectivity index (χ0v) is 11.0. The van der Waals surface area contributed by atoms with Gasteiger partial charge in [-0.2, -0.15) is 0 Å². The molecule has 0 saturated carbocycles. The highest BCUT2D eigenvalue weighted by molar-refractivity contribution is 5.52. The minimum atomic E-state index is 0.780. The first-order chi connectivity index (χ1) is 8.20. The predicted molar refractivity (Wildman–Crippen MR) is 72.0 cm³/mol. The zero-order chi connectivity index (χ0) is 12.3. The highest BCUT2D eigenvalue weighted by atomic mass is 16.5. The Morgan fingerprint density at radius 3 is 2.88 bits per heavy atom. The molecule has 0 aliphatic carbocycles. The lowest BCUT2D eigenvalue weighted by Gasteiger charge is -2.23. The fraction of sp³-hybridized carbons (Fsp3) is 0.571. The van der Waals surface area contributed by atoms with E-state index in [9.17, 15) is 0 Å². The van der Waals surface area contributed by atoms with Crippen LogP contribution in [0.25, 0.3) is 0 Å². The average molecular weight is 234 g/mol. The lowest BCUT2D eigenvalue weighted by molar-refractivity contribution is 0.411. The number of nitrogens with one attached hydrogen (secondary N) is 1. The lowest BCUT2D eigenvalue weighted by Crippen LogP contribution is -2.26. The summed E-state index contributed by atoms with van der Waals surface area (Å²) in [6, 6.07) is 6.38. The van der Waals surface area contributed by atoms with Gasteiger partial charge in [0.15, 0.2) is 0 Å². The van der Waals surface area contributed by atoms with Crippen LogP contribution in [0, 0.1) is 12.8 Å². The third-order valence-corrected chi connectivity index (χ3v) is 3.51. The Bertz CT molecular complexity index is 372. The minimum Gasteiger partial charge on any atom is -0.496 e. The van der Waals surface area contributed by atoms with E-state index in [-0.39, 0.29) is 0 Å². The molecule has 1 unspecified atom stereocenters. The van der Waals surface area contributed by atoms with Crippen molar-refractivity contribution in [2.24, 2.45) is 5.92 Å². The highest BCUT2D eigenvalue weighted by Gasteiger charge is 2.16. The van der Waals surface area contributed by atoms with E-state index in [4.69, 9.17) is 4.74 Å². The number of aryl methyl sites for hydroxylation is 1. The fourth-order valence-electron chi connectivity index (χ4n) is 2.46. The van der Waals surface area contributed by atoms with Crippen molar-refractivity contribution in [2.75, 3.05) is 38.7 Å². The fourth-order valence-corrected chi connectivity index (χ4v) is 2.46. The van der Waals surface area contributed by atoms with Crippen molar-refractivity contribution >= 4 is 5.69 Å². The van der Waals surface area contributed by atoms with Crippen molar-refractivity contribution in [1.29, 1.82) is 0 Å². The summed E-state index contributed by atoms with van der Waals surface area (Å²) < 4.78 is 5.28. The van der Waals surface area contributed by atoms with Crippen molar-refractivity contribution < 1.29 is 4.74 Å². The van der Waals surface area contributed by atoms with Crippen LogP contribution in [0.2, 0.25) is 0 Å². The number of hydrogen-bond donors (Lipinski definition) is 1. The van der Waals surface area contributed by atoms with Crippen molar-refractivity contribution in [3.05, 3.63) is 23.8 Å². The molecule has 0 radical (unpaired) electrons. The molecule has 1 N–H and O–H groups in total. The quantitative estimate of drug-likeness (QED) is 0.863. The van der Waals surface area contributed by atoms with E-state index in [0.29, 0.717) is 0 Å². The van der Waals surface area contributed by atoms with Crippen molar-refractivity contribution in [2.45, 2.75) is 13.3 Å². The molecule has 17 heavy (non-hydrogen) atoms. The maximum Gasteiger partial charge on any atom is 0.121 e. The van der Waals surface area contributed by atoms with Crippen LogP contribution < -0.4 is 15.0 Å². The molecule has 1 atom stereocenters. The van der Waals surface area contributed by atoms with Crippen LogP contribution in [0.1, 0.15) is 12.0 Å². The molecular formula is C14H22N2O. The zero-order valence-electron chi connectivity index (χ0n) is 11.0. The lowest BCUT2D eigenvalue weighted by atomic mass is 10.1. The summed E-state index contributed by atoms with van der Waals surface area (Å²) in [5.41, 5.74) is 2.47. The summed E-state index contributed by atoms with van der Waals surface area (Å²) in [5.74, 6) is 1.74. The Balaban J connectivity index is 2.02. The molecule has 1 aliphatic rings. The maximum absolute atomic E-state index is 5.28. The van der Waals surface area contributed by atoms with E-state index in [2.05, 4.69) is 36.3 Å². The molecule has 94 valence electrons. The smallest absolute Gasteiger partial charge is 0.121 e. The van der Waals surface area contributed by atoms with Crippen molar-refractivity contribution in [3.63, 3.8) is 0 Å². The minimum absolute atomic E-state index is 0.780. The second-order valence-corrected chi connectivity index (χ2v) is 4.89. The Kier molecular flexibility index (Phi) is 3.89. The van der Waals surface area contributed by atoms with Crippen LogP contribution in [0.15, 0.2) is 18.2 Å². The summed E-state index contributed by atoms with van der Waals surface area (Å²) in [5, 5.41) is 3.41. The van der Waals surface area contributed by atoms with Gasteiger partial charge >= 0.3 is 0 Å². The van der Waals surface area contributed by atoms with E-state index < -0.39 is 0 Å². The average Bonchev–Trinajstić information content (AvgIpc) is 2.81. The Labute approximate surface area is 104 Å². The Hall–Kier alpha value is -1.22. The summed E-state index contributed by atoms with van der Waals surface area (Å²) in [7, 11) is 3.88. The Morgan fingerprint density at radius 1 is 1.47 bits per heavy atom. The largest absolute Gasteiger partial charge is 0.496 e. The van der Waals surface area contributed by atoms with E-state index in [0.717, 1.165) is 24.8 Å². The topological polar surface area (TPSA) is 24.5 Å². The SMILES string of the molecule is COc1ccc(N(C)CC2CCNC2)cc1C. The number of hydrogen-bond acceptors (Lipinski definition) is 3. The van der Waals surface area contributed by atoms with Gasteiger partial charge in [0.1, 0.15) is 5.75 Å². The van der Waals surface area contributed by atoms with Gasteiger partial charge in [0.25, 0.3) is 0 Å². The van der Waals surface area contributed by atoms with Crippen LogP contribution in [-0.4, -0.2) is 33.8 Å². The molecule has 1 aromatic carbocycles. The van der Waals surface area contributed by atoms with Gasteiger partial charge < -0.3 is 15.0 Å². The summed E-state index contributed by atoms with van der Waals surface area (Å²) in [6.07, 6.45) is 1.29. The van der Waals surface area contributed by atoms with Gasteiger partial charge in [0, 0.05) is 19.3 Å². The second-order valence-electron chi connectivity index (χ2n) is 4.89. The highest BCUT2D eigenvalue weighted by Crippen LogP contribution is 2.24. The number of rotatable bonds is 4. The van der Waals surface area contributed by atoms with Gasteiger partial charge in [-0.25, -0.2) is 0 Å². The molecule has 1 aliphatic heterocycles. The molecule has 0 aromatic heterocycles. The Morgan fingerprint density at radius 2 is 2.29 bits per heavy atom. The first-order valence-electron chi connectivity index (χ1n) is 6.27. The number of methoxy groups -OCH3 is 1. The summed E-state index contributed by atoms with van der Waals surface area (Å²) >= 11 is 0. The molecule has 1 heterocycles. The maximum atomic E-state index is 5.28. The van der Waals surface area contributed by atoms with E-state index in [1.165, 1.54) is 24.2 Å². The van der Waals surface area contributed by atoms with Gasteiger partial charge in [-0.05, 0) is 56.1 Å². The molecule has 1 aromatic rings. The first kappa shape index (κ1) is 12.2. The van der Waals surface area contributed by atoms with Crippen LogP contribution >= 0.6 is 0 Å². The number of nitrogens with zero attached hydrogens (tertiary/aromatic N) is 1. The molecule has 2 rings (SSSR count). The first-order valence-corrected chi connectivity index (χ1v) is 6.27. The van der Waals surface area contributed by atoms with Crippen molar-refractivity contribution in [3.8, 4) is 5.75 Å². The molecule has 1 fully saturated rings. The predicted octanol–water partition coefficient (Wildman–Crippen LogP) is 2.05. The normalized spacial score (nSPS) is 19.4. The molecule has 0 spiro atoms. The summed E-state index contributed by atoms with van der Waals surface area (Å²) in [4.78, 5) is 2.34. The van der Waals surface area contributed by atoms with Gasteiger partial charge in [-0.15, -0.1) is 0 Å². The van der Waals surface area contributed by atoms with Crippen LogP contribution in [0.5, 0.6) is 5.75 Å². The molecule has 0 amide bonds. The van der Waals surface area contributed by atoms with Crippen LogP contribution in [0.4, 0.5) is 5.69 Å². The van der Waals surface area contributed by atoms with Gasteiger partial charge in [0.05, 0.1) is 7.11 Å². The van der Waals surface area contributed by atoms with E-state index in [1.54, 1.807) is 7.11 Å². The summed E-state index contributed by atoms with van der Waals surface area (Å²) in [6.45, 7) is 5.53. The van der Waals surface area contributed by atoms with E-state index >= 15 is 0 Å². The van der Waals surface area contributed by atoms with Gasteiger partial charge in [-0.3, -0.25) is 0 Å². The van der Waals surface area contributed by atoms with Gasteiger partial charge in [0.2, 0.25) is 0 Å². The van der Waals surface area contributed by atoms with E-state index in [1.807, 2.05) is 6.07 Å². The standard InChI is InChI=1S/C14H22N2O/c1-11-8-13(4-5-14(11)17-3)16(2)10-12-6-7-15-9-12/h4-5,8,12,15H,6-7,9-10H2,1-3H3. The molecule has 3 nitrogen and oxygen atoms in total.